The SMILES string of the molecule is CC(=O)NC1CC(NC(C)(C)C)CCC1N1CC[C@H](Nc2ncnc3ccc(C(F)(F)F)cc23)C1=O. The first kappa shape index (κ1) is 26.1. The minimum atomic E-state index is -4.50. The summed E-state index contributed by atoms with van der Waals surface area (Å²) in [6.45, 7) is 8.26. The maximum atomic E-state index is 13.4. The molecule has 196 valence electrons. The Balaban J connectivity index is 1.51. The molecule has 36 heavy (non-hydrogen) atoms. The van der Waals surface area contributed by atoms with Crippen molar-refractivity contribution in [2.45, 2.75) is 89.3 Å². The Kier molecular flexibility index (Phi) is 7.14. The van der Waals surface area contributed by atoms with Gasteiger partial charge in [-0.1, -0.05) is 0 Å². The Bertz CT molecular complexity index is 1130. The molecule has 0 radical (unpaired) electrons. The molecule has 1 aliphatic heterocycles. The summed E-state index contributed by atoms with van der Waals surface area (Å²) in [7, 11) is 0. The molecule has 4 atom stereocenters. The van der Waals surface area contributed by atoms with Gasteiger partial charge in [0, 0.05) is 30.4 Å². The number of anilines is 1. The third kappa shape index (κ3) is 5.88. The van der Waals surface area contributed by atoms with Gasteiger partial charge in [0.25, 0.3) is 0 Å². The molecule has 3 N–H and O–H groups in total. The predicted octanol–water partition coefficient (Wildman–Crippen LogP) is 3.48. The van der Waals surface area contributed by atoms with E-state index in [1.807, 2.05) is 0 Å². The molecule has 11 heteroatoms. The van der Waals surface area contributed by atoms with Crippen LogP contribution in [-0.4, -0.2) is 62.9 Å². The fraction of sp³-hybridized carbons (Fsp3) is 0.600. The number of hydrogen-bond acceptors (Lipinski definition) is 6. The fourth-order valence-corrected chi connectivity index (χ4v) is 5.37. The van der Waals surface area contributed by atoms with Gasteiger partial charge in [0.2, 0.25) is 11.8 Å². The Morgan fingerprint density at radius 2 is 1.86 bits per heavy atom. The molecule has 3 unspecified atom stereocenters. The normalized spacial score (nSPS) is 25.3. The molecule has 1 aliphatic carbocycles. The predicted molar refractivity (Wildman–Crippen MR) is 130 cm³/mol. The molecule has 4 rings (SSSR count). The van der Waals surface area contributed by atoms with Crippen LogP contribution in [0.1, 0.15) is 58.9 Å². The topological polar surface area (TPSA) is 99.2 Å². The summed E-state index contributed by atoms with van der Waals surface area (Å²) >= 11 is 0. The summed E-state index contributed by atoms with van der Waals surface area (Å²) in [5, 5.41) is 9.91. The number of amides is 2. The van der Waals surface area contributed by atoms with Crippen molar-refractivity contribution in [2.75, 3.05) is 11.9 Å². The molecule has 1 saturated heterocycles. The van der Waals surface area contributed by atoms with Gasteiger partial charge >= 0.3 is 6.18 Å². The maximum absolute atomic E-state index is 13.4. The number of carbonyl (C=O) groups is 2. The number of rotatable bonds is 5. The molecule has 1 saturated carbocycles. The zero-order valence-electron chi connectivity index (χ0n) is 20.9. The van der Waals surface area contributed by atoms with E-state index in [4.69, 9.17) is 0 Å². The smallest absolute Gasteiger partial charge is 0.358 e. The van der Waals surface area contributed by atoms with Crippen molar-refractivity contribution in [3.05, 3.63) is 30.1 Å². The van der Waals surface area contributed by atoms with Gasteiger partial charge < -0.3 is 20.9 Å². The van der Waals surface area contributed by atoms with Crippen molar-refractivity contribution in [3.8, 4) is 0 Å². The van der Waals surface area contributed by atoms with Crippen LogP contribution in [0.5, 0.6) is 0 Å². The van der Waals surface area contributed by atoms with Crippen LogP contribution in [0.2, 0.25) is 0 Å². The summed E-state index contributed by atoms with van der Waals surface area (Å²) in [5.74, 6) is -0.0882. The number of halogens is 3. The average Bonchev–Trinajstić information content (AvgIpc) is 3.11. The number of benzene rings is 1. The van der Waals surface area contributed by atoms with Crippen molar-refractivity contribution in [1.29, 1.82) is 0 Å². The van der Waals surface area contributed by atoms with Crippen LogP contribution in [0.25, 0.3) is 10.9 Å². The van der Waals surface area contributed by atoms with E-state index >= 15 is 0 Å². The summed E-state index contributed by atoms with van der Waals surface area (Å²) in [5.41, 5.74) is -0.507. The van der Waals surface area contributed by atoms with Crippen LogP contribution in [0, 0.1) is 0 Å². The number of likely N-dealkylation sites (tertiary alicyclic amines) is 1. The molecule has 0 spiro atoms. The van der Waals surface area contributed by atoms with Crippen LogP contribution < -0.4 is 16.0 Å². The Hall–Kier alpha value is -2.95. The zero-order valence-corrected chi connectivity index (χ0v) is 20.9. The third-order valence-corrected chi connectivity index (χ3v) is 6.75. The number of nitrogens with one attached hydrogen (secondary N) is 3. The second-order valence-corrected chi connectivity index (χ2v) is 10.7. The zero-order chi connectivity index (χ0) is 26.3. The molecule has 0 bridgehead atoms. The minimum absolute atomic E-state index is 0.0664. The highest BCUT2D eigenvalue weighted by Gasteiger charge is 2.42. The first-order valence-corrected chi connectivity index (χ1v) is 12.3. The van der Waals surface area contributed by atoms with Gasteiger partial charge in [0.05, 0.1) is 23.2 Å². The van der Waals surface area contributed by atoms with Crippen molar-refractivity contribution >= 4 is 28.5 Å². The van der Waals surface area contributed by atoms with Crippen molar-refractivity contribution < 1.29 is 22.8 Å². The lowest BCUT2D eigenvalue weighted by Crippen LogP contribution is -2.59. The number of alkyl halides is 3. The highest BCUT2D eigenvalue weighted by atomic mass is 19.4. The average molecular weight is 507 g/mol. The molecule has 1 aromatic carbocycles. The summed E-state index contributed by atoms with van der Waals surface area (Å²) in [6, 6.07) is 2.55. The number of fused-ring (bicyclic) bond motifs is 1. The van der Waals surface area contributed by atoms with Gasteiger partial charge in [0.15, 0.2) is 0 Å². The molecule has 2 heterocycles. The Morgan fingerprint density at radius 3 is 2.53 bits per heavy atom. The molecule has 2 amide bonds. The lowest BCUT2D eigenvalue weighted by Gasteiger charge is -2.43. The van der Waals surface area contributed by atoms with Crippen molar-refractivity contribution in [2.24, 2.45) is 0 Å². The quantitative estimate of drug-likeness (QED) is 0.575. The standard InChI is InChI=1S/C25H33F3N6O2/c1-14(35)31-20-12-16(33-24(2,3)4)6-8-21(20)34-10-9-19(23(34)36)32-22-17-11-15(25(26,27)28)5-7-18(17)29-13-30-22/h5,7,11,13,16,19-21,33H,6,8-10,12H2,1-4H3,(H,31,35)(H,29,30,32)/t16?,19-,20?,21?/m0/s1. The molecular formula is C25H33F3N6O2. The lowest BCUT2D eigenvalue weighted by atomic mass is 9.84. The van der Waals surface area contributed by atoms with Crippen molar-refractivity contribution in [1.82, 2.24) is 25.5 Å². The lowest BCUT2D eigenvalue weighted by molar-refractivity contribution is -0.137. The van der Waals surface area contributed by atoms with Crippen LogP contribution in [0.4, 0.5) is 19.0 Å². The maximum Gasteiger partial charge on any atom is 0.416 e. The molecule has 1 aromatic heterocycles. The van der Waals surface area contributed by atoms with Crippen LogP contribution in [0.15, 0.2) is 24.5 Å². The van der Waals surface area contributed by atoms with Crippen LogP contribution >= 0.6 is 0 Å². The number of nitrogens with zero attached hydrogens (tertiary/aromatic N) is 3. The largest absolute Gasteiger partial charge is 0.416 e. The molecule has 2 aliphatic rings. The minimum Gasteiger partial charge on any atom is -0.358 e. The van der Waals surface area contributed by atoms with Crippen molar-refractivity contribution in [3.63, 3.8) is 0 Å². The summed E-state index contributed by atoms with van der Waals surface area (Å²) in [4.78, 5) is 35.4. The second kappa shape index (κ2) is 9.84. The van der Waals surface area contributed by atoms with E-state index in [2.05, 4.69) is 46.7 Å². The van der Waals surface area contributed by atoms with E-state index in [1.54, 1.807) is 4.90 Å². The van der Waals surface area contributed by atoms with Gasteiger partial charge in [-0.05, 0) is 64.7 Å². The monoisotopic (exact) mass is 506 g/mol. The van der Waals surface area contributed by atoms with Gasteiger partial charge in [-0.25, -0.2) is 9.97 Å². The second-order valence-electron chi connectivity index (χ2n) is 10.7. The van der Waals surface area contributed by atoms with Gasteiger partial charge in [0.1, 0.15) is 18.2 Å². The molecular weight excluding hydrogens is 473 g/mol. The highest BCUT2D eigenvalue weighted by molar-refractivity contribution is 5.93. The fourth-order valence-electron chi connectivity index (χ4n) is 5.37. The van der Waals surface area contributed by atoms with Gasteiger partial charge in [-0.3, -0.25) is 9.59 Å². The van der Waals surface area contributed by atoms with E-state index in [0.717, 1.165) is 25.0 Å². The number of carbonyl (C=O) groups excluding carboxylic acids is 2. The Morgan fingerprint density at radius 1 is 1.11 bits per heavy atom. The first-order valence-electron chi connectivity index (χ1n) is 12.3. The summed E-state index contributed by atoms with van der Waals surface area (Å²) < 4.78 is 39.8. The number of hydrogen-bond donors (Lipinski definition) is 3. The molecule has 2 fully saturated rings. The van der Waals surface area contributed by atoms with E-state index < -0.39 is 17.8 Å². The number of aromatic nitrogens is 2. The van der Waals surface area contributed by atoms with Gasteiger partial charge in [-0.15, -0.1) is 0 Å². The Labute approximate surface area is 208 Å². The van der Waals surface area contributed by atoms with E-state index in [-0.39, 0.29) is 46.7 Å². The highest BCUT2D eigenvalue weighted by Crippen LogP contribution is 2.34. The van der Waals surface area contributed by atoms with E-state index in [0.29, 0.717) is 24.9 Å². The van der Waals surface area contributed by atoms with Crippen LogP contribution in [-0.2, 0) is 15.8 Å². The van der Waals surface area contributed by atoms with E-state index in [9.17, 15) is 22.8 Å². The van der Waals surface area contributed by atoms with Gasteiger partial charge in [-0.2, -0.15) is 13.2 Å². The summed E-state index contributed by atoms with van der Waals surface area (Å²) in [6.07, 6.45) is -0.429. The molecule has 8 nitrogen and oxygen atoms in total. The van der Waals surface area contributed by atoms with Crippen LogP contribution in [0.3, 0.4) is 0 Å². The first-order chi connectivity index (χ1) is 16.8. The van der Waals surface area contributed by atoms with E-state index in [1.165, 1.54) is 19.3 Å². The molecule has 2 aromatic rings. The third-order valence-electron chi connectivity index (χ3n) is 6.75.